The predicted octanol–water partition coefficient (Wildman–Crippen LogP) is 3.50. The number of guanidine groups is 1. The van der Waals surface area contributed by atoms with Crippen molar-refractivity contribution in [1.82, 2.24) is 15.5 Å². The molecule has 2 aliphatic heterocycles. The average molecular weight is 541 g/mol. The number of carbonyl (C=O) groups excluding carboxylic acids is 1. The lowest BCUT2D eigenvalue weighted by Crippen LogP contribution is -2.52. The van der Waals surface area contributed by atoms with Gasteiger partial charge in [-0.2, -0.15) is 11.8 Å². The van der Waals surface area contributed by atoms with Crippen LogP contribution < -0.4 is 10.6 Å². The van der Waals surface area contributed by atoms with E-state index in [2.05, 4.69) is 29.5 Å². The first kappa shape index (κ1) is 26.8. The van der Waals surface area contributed by atoms with Crippen molar-refractivity contribution in [3.05, 3.63) is 0 Å². The second kappa shape index (κ2) is 14.0. The Labute approximate surface area is 198 Å². The zero-order valence-corrected chi connectivity index (χ0v) is 21.8. The van der Waals surface area contributed by atoms with Gasteiger partial charge in [0.25, 0.3) is 0 Å². The van der Waals surface area contributed by atoms with Crippen LogP contribution in [0.2, 0.25) is 0 Å². The Kier molecular flexibility index (Phi) is 12.9. The third-order valence-electron chi connectivity index (χ3n) is 5.87. The lowest BCUT2D eigenvalue weighted by atomic mass is 9.90. The summed E-state index contributed by atoms with van der Waals surface area (Å²) in [7, 11) is 3.55. The Balaban J connectivity index is 0.00000420. The highest BCUT2D eigenvalue weighted by molar-refractivity contribution is 14.0. The molecule has 0 aromatic rings. The number of unbranched alkanes of at least 4 members (excludes halogenated alkanes) is 1. The minimum Gasteiger partial charge on any atom is -0.374 e. The van der Waals surface area contributed by atoms with Gasteiger partial charge in [0, 0.05) is 39.0 Å². The van der Waals surface area contributed by atoms with Gasteiger partial charge in [0.05, 0.1) is 5.60 Å². The summed E-state index contributed by atoms with van der Waals surface area (Å²) in [5.41, 5.74) is 0.0399. The molecule has 0 radical (unpaired) electrons. The molecule has 2 rings (SSSR count). The van der Waals surface area contributed by atoms with Gasteiger partial charge < -0.3 is 20.3 Å². The summed E-state index contributed by atoms with van der Waals surface area (Å²) in [6.45, 7) is 6.38. The maximum Gasteiger partial charge on any atom is 0.243 e. The molecule has 8 heteroatoms. The van der Waals surface area contributed by atoms with E-state index < -0.39 is 0 Å². The number of aliphatic imine (C=N–C) groups is 1. The number of nitrogens with one attached hydrogen (secondary N) is 2. The minimum absolute atomic E-state index is 0. The highest BCUT2D eigenvalue weighted by Crippen LogP contribution is 2.38. The van der Waals surface area contributed by atoms with E-state index in [4.69, 9.17) is 4.74 Å². The van der Waals surface area contributed by atoms with E-state index in [1.54, 1.807) is 19.0 Å². The van der Waals surface area contributed by atoms with E-state index in [-0.39, 0.29) is 42.0 Å². The van der Waals surface area contributed by atoms with E-state index >= 15 is 0 Å². The van der Waals surface area contributed by atoms with Gasteiger partial charge in [-0.15, -0.1) is 24.0 Å². The number of thioether (sulfide) groups is 1. The summed E-state index contributed by atoms with van der Waals surface area (Å²) in [6, 6.07) is 0.351. The number of amides is 1. The Hall–Kier alpha value is -0.220. The second-order valence-electron chi connectivity index (χ2n) is 8.42. The molecule has 0 aliphatic carbocycles. The van der Waals surface area contributed by atoms with Gasteiger partial charge in [0.1, 0.15) is 6.54 Å². The van der Waals surface area contributed by atoms with E-state index in [0.717, 1.165) is 50.5 Å². The Bertz CT molecular complexity index is 513. The van der Waals surface area contributed by atoms with Gasteiger partial charge in [-0.25, -0.2) is 4.99 Å². The van der Waals surface area contributed by atoms with Crippen molar-refractivity contribution in [2.45, 2.75) is 70.4 Å². The standard InChI is InChI=1S/C21H40N4O2S.HI/c1-5-7-8-17(6-2)14-22-20(23-15-19(26)25(3)4)24-18-9-11-27-21(13-18)10-12-28-16-21;/h17-18H,5-16H2,1-4H3,(H2,22,23,24);1H. The molecule has 0 aromatic carbocycles. The van der Waals surface area contributed by atoms with Gasteiger partial charge in [-0.3, -0.25) is 4.79 Å². The molecule has 2 N–H and O–H groups in total. The van der Waals surface area contributed by atoms with Gasteiger partial charge in [-0.05, 0) is 37.4 Å². The largest absolute Gasteiger partial charge is 0.374 e. The molecule has 2 saturated heterocycles. The fourth-order valence-electron chi connectivity index (χ4n) is 3.83. The Morgan fingerprint density at radius 2 is 2.17 bits per heavy atom. The maximum absolute atomic E-state index is 12.0. The third-order valence-corrected chi connectivity index (χ3v) is 7.10. The topological polar surface area (TPSA) is 66.0 Å². The van der Waals surface area contributed by atoms with Gasteiger partial charge >= 0.3 is 0 Å². The first-order chi connectivity index (χ1) is 13.5. The first-order valence-electron chi connectivity index (χ1n) is 10.9. The van der Waals surface area contributed by atoms with Crippen LogP contribution in [-0.4, -0.2) is 73.7 Å². The van der Waals surface area contributed by atoms with Crippen LogP contribution in [-0.2, 0) is 9.53 Å². The van der Waals surface area contributed by atoms with Crippen molar-refractivity contribution < 1.29 is 9.53 Å². The van der Waals surface area contributed by atoms with Crippen molar-refractivity contribution >= 4 is 47.6 Å². The van der Waals surface area contributed by atoms with Gasteiger partial charge in [0.2, 0.25) is 5.91 Å². The second-order valence-corrected chi connectivity index (χ2v) is 9.52. The number of halogens is 1. The summed E-state index contributed by atoms with van der Waals surface area (Å²) in [6.07, 6.45) is 8.05. The fourth-order valence-corrected chi connectivity index (χ4v) is 5.21. The molecular formula is C21H41IN4O2S. The van der Waals surface area contributed by atoms with E-state index in [1.165, 1.54) is 25.0 Å². The number of carbonyl (C=O) groups is 1. The summed E-state index contributed by atoms with van der Waals surface area (Å²) in [4.78, 5) is 18.2. The summed E-state index contributed by atoms with van der Waals surface area (Å²) < 4.78 is 6.15. The number of rotatable bonds is 9. The van der Waals surface area contributed by atoms with Crippen LogP contribution in [0.15, 0.2) is 4.99 Å². The molecule has 3 atom stereocenters. The van der Waals surface area contributed by atoms with Crippen molar-refractivity contribution in [3.63, 3.8) is 0 Å². The quantitative estimate of drug-likeness (QED) is 0.266. The third kappa shape index (κ3) is 9.21. The van der Waals surface area contributed by atoms with E-state index in [1.807, 2.05) is 11.8 Å². The number of hydrogen-bond acceptors (Lipinski definition) is 4. The lowest BCUT2D eigenvalue weighted by Gasteiger charge is -2.38. The van der Waals surface area contributed by atoms with Crippen LogP contribution in [0.4, 0.5) is 0 Å². The van der Waals surface area contributed by atoms with Crippen LogP contribution in [0.25, 0.3) is 0 Å². The van der Waals surface area contributed by atoms with Crippen molar-refractivity contribution in [2.75, 3.05) is 45.3 Å². The number of ether oxygens (including phenoxy) is 1. The van der Waals surface area contributed by atoms with Gasteiger partial charge in [-0.1, -0.05) is 33.1 Å². The SMILES string of the molecule is CCCCC(CC)CNC(=NCC(=O)N(C)C)NC1CCOC2(CCSC2)C1.I. The highest BCUT2D eigenvalue weighted by atomic mass is 127. The number of nitrogens with zero attached hydrogens (tertiary/aromatic N) is 2. The maximum atomic E-state index is 12.0. The first-order valence-corrected chi connectivity index (χ1v) is 12.1. The molecule has 6 nitrogen and oxygen atoms in total. The smallest absolute Gasteiger partial charge is 0.243 e. The molecule has 0 aromatic heterocycles. The van der Waals surface area contributed by atoms with Crippen molar-refractivity contribution in [1.29, 1.82) is 0 Å². The summed E-state index contributed by atoms with van der Waals surface area (Å²) >= 11 is 1.99. The monoisotopic (exact) mass is 540 g/mol. The summed E-state index contributed by atoms with van der Waals surface area (Å²) in [5, 5.41) is 7.14. The zero-order chi connectivity index (χ0) is 20.4. The number of likely N-dealkylation sites (N-methyl/N-ethyl adjacent to an activating group) is 1. The normalized spacial score (nSPS) is 25.4. The fraction of sp³-hybridized carbons (Fsp3) is 0.905. The molecule has 2 aliphatic rings. The summed E-state index contributed by atoms with van der Waals surface area (Å²) in [5.74, 6) is 3.73. The Morgan fingerprint density at radius 1 is 1.38 bits per heavy atom. The van der Waals surface area contributed by atoms with Crippen molar-refractivity contribution in [3.8, 4) is 0 Å². The molecule has 0 bridgehead atoms. The van der Waals surface area contributed by atoms with Crippen LogP contribution in [0, 0.1) is 5.92 Å². The van der Waals surface area contributed by atoms with Crippen LogP contribution >= 0.6 is 35.7 Å². The average Bonchev–Trinajstić information content (AvgIpc) is 3.12. The minimum atomic E-state index is 0. The van der Waals surface area contributed by atoms with Crippen molar-refractivity contribution in [2.24, 2.45) is 10.9 Å². The molecule has 170 valence electrons. The predicted molar refractivity (Wildman–Crippen MR) is 135 cm³/mol. The lowest BCUT2D eigenvalue weighted by molar-refractivity contribution is -0.127. The molecule has 0 saturated carbocycles. The molecule has 2 heterocycles. The molecule has 3 unspecified atom stereocenters. The van der Waals surface area contributed by atoms with Crippen LogP contribution in [0.3, 0.4) is 0 Å². The molecule has 1 amide bonds. The number of hydrogen-bond donors (Lipinski definition) is 2. The molecule has 2 fully saturated rings. The molecule has 29 heavy (non-hydrogen) atoms. The zero-order valence-electron chi connectivity index (χ0n) is 18.7. The molecular weight excluding hydrogens is 499 g/mol. The van der Waals surface area contributed by atoms with Crippen LogP contribution in [0.1, 0.15) is 58.8 Å². The van der Waals surface area contributed by atoms with Crippen LogP contribution in [0.5, 0.6) is 0 Å². The molecule has 1 spiro atoms. The Morgan fingerprint density at radius 3 is 2.79 bits per heavy atom. The van der Waals surface area contributed by atoms with E-state index in [9.17, 15) is 4.79 Å². The highest BCUT2D eigenvalue weighted by Gasteiger charge is 2.40. The van der Waals surface area contributed by atoms with Gasteiger partial charge in [0.15, 0.2) is 5.96 Å². The van der Waals surface area contributed by atoms with E-state index in [0.29, 0.717) is 12.0 Å².